The zero-order chi connectivity index (χ0) is 14.8. The highest BCUT2D eigenvalue weighted by molar-refractivity contribution is 7.88. The van der Waals surface area contributed by atoms with E-state index in [9.17, 15) is 17.9 Å². The monoisotopic (exact) mass is 298 g/mol. The molecule has 0 saturated heterocycles. The number of nitrogens with zero attached hydrogens (tertiary/aromatic N) is 1. The Morgan fingerprint density at radius 2 is 2.15 bits per heavy atom. The van der Waals surface area contributed by atoms with Crippen LogP contribution >= 0.6 is 0 Å². The van der Waals surface area contributed by atoms with Crippen LogP contribution in [0.25, 0.3) is 0 Å². The van der Waals surface area contributed by atoms with Gasteiger partial charge in [0.05, 0.1) is 23.0 Å². The zero-order valence-electron chi connectivity index (χ0n) is 10.8. The molecule has 5 nitrogen and oxygen atoms in total. The minimum absolute atomic E-state index is 0.0582. The Bertz CT molecular complexity index is 648. The van der Waals surface area contributed by atoms with Crippen molar-refractivity contribution in [3.63, 3.8) is 0 Å². The first-order chi connectivity index (χ1) is 9.34. The summed E-state index contributed by atoms with van der Waals surface area (Å²) in [5.74, 6) is -1.22. The van der Waals surface area contributed by atoms with Gasteiger partial charge in [0, 0.05) is 12.1 Å². The second-order valence-corrected chi connectivity index (χ2v) is 6.88. The normalized spacial score (nSPS) is 17.2. The van der Waals surface area contributed by atoms with Crippen molar-refractivity contribution in [3.8, 4) is 6.07 Å². The number of rotatable bonds is 5. The Labute approximate surface area is 117 Å². The molecular formula is C13H15FN2O3S. The summed E-state index contributed by atoms with van der Waals surface area (Å²) in [4.78, 5) is 0. The fraction of sp³-hybridized carbons (Fsp3) is 0.462. The van der Waals surface area contributed by atoms with Gasteiger partial charge in [-0.2, -0.15) is 5.26 Å². The van der Waals surface area contributed by atoms with Gasteiger partial charge in [-0.25, -0.2) is 17.5 Å². The van der Waals surface area contributed by atoms with Crippen LogP contribution in [0.1, 0.15) is 30.4 Å². The topological polar surface area (TPSA) is 90.2 Å². The number of sulfonamides is 1. The molecule has 20 heavy (non-hydrogen) atoms. The van der Waals surface area contributed by atoms with Crippen molar-refractivity contribution in [2.45, 2.75) is 30.6 Å². The standard InChI is InChI=1S/C13H15FN2O3S/c14-12-3-2-10(7-15)6-11(12)8-20(18,19)16-9-13(17)4-1-5-13/h2-3,6,16-17H,1,4-5,8-9H2. The number of hydrogen-bond acceptors (Lipinski definition) is 4. The molecule has 1 aliphatic rings. The van der Waals surface area contributed by atoms with Crippen LogP contribution in [0.2, 0.25) is 0 Å². The third-order valence-corrected chi connectivity index (χ3v) is 4.70. The molecule has 0 heterocycles. The van der Waals surface area contributed by atoms with Crippen molar-refractivity contribution in [2.75, 3.05) is 6.54 Å². The molecule has 0 radical (unpaired) electrons. The fourth-order valence-corrected chi connectivity index (χ4v) is 3.24. The Kier molecular flexibility index (Phi) is 4.09. The van der Waals surface area contributed by atoms with Crippen molar-refractivity contribution >= 4 is 10.0 Å². The zero-order valence-corrected chi connectivity index (χ0v) is 11.6. The van der Waals surface area contributed by atoms with Crippen LogP contribution in [-0.4, -0.2) is 25.7 Å². The van der Waals surface area contributed by atoms with Gasteiger partial charge in [0.15, 0.2) is 0 Å². The number of benzene rings is 1. The van der Waals surface area contributed by atoms with Gasteiger partial charge >= 0.3 is 0 Å². The number of nitrogens with one attached hydrogen (secondary N) is 1. The minimum atomic E-state index is -3.75. The van der Waals surface area contributed by atoms with Gasteiger partial charge in [0.1, 0.15) is 5.82 Å². The summed E-state index contributed by atoms with van der Waals surface area (Å²) in [5, 5.41) is 18.6. The average Bonchev–Trinajstić information content (AvgIpc) is 2.36. The van der Waals surface area contributed by atoms with Crippen molar-refractivity contribution in [1.82, 2.24) is 4.72 Å². The fourth-order valence-electron chi connectivity index (χ4n) is 2.02. The molecule has 1 aromatic rings. The molecule has 0 spiro atoms. The van der Waals surface area contributed by atoms with Crippen LogP contribution < -0.4 is 4.72 Å². The number of halogens is 1. The van der Waals surface area contributed by atoms with Crippen LogP contribution in [0.15, 0.2) is 18.2 Å². The second-order valence-electron chi connectivity index (χ2n) is 5.08. The maximum Gasteiger partial charge on any atom is 0.215 e. The molecule has 1 aliphatic carbocycles. The molecule has 0 bridgehead atoms. The molecule has 2 N–H and O–H groups in total. The Morgan fingerprint density at radius 3 is 2.70 bits per heavy atom. The highest BCUT2D eigenvalue weighted by atomic mass is 32.2. The molecule has 0 amide bonds. The predicted octanol–water partition coefficient (Wildman–Crippen LogP) is 1.03. The van der Waals surface area contributed by atoms with Crippen molar-refractivity contribution in [2.24, 2.45) is 0 Å². The molecule has 0 atom stereocenters. The summed E-state index contributed by atoms with van der Waals surface area (Å²) >= 11 is 0. The smallest absolute Gasteiger partial charge is 0.215 e. The Hall–Kier alpha value is -1.49. The first-order valence-corrected chi connectivity index (χ1v) is 7.87. The molecular weight excluding hydrogens is 283 g/mol. The molecule has 2 rings (SSSR count). The lowest BCUT2D eigenvalue weighted by molar-refractivity contribution is -0.0271. The van der Waals surface area contributed by atoms with Gasteiger partial charge < -0.3 is 5.11 Å². The molecule has 0 aromatic heterocycles. The quantitative estimate of drug-likeness (QED) is 0.849. The summed E-state index contributed by atoms with van der Waals surface area (Å²) in [6, 6.07) is 5.41. The van der Waals surface area contributed by atoms with Gasteiger partial charge in [-0.3, -0.25) is 0 Å². The van der Waals surface area contributed by atoms with Crippen LogP contribution in [0.3, 0.4) is 0 Å². The lowest BCUT2D eigenvalue weighted by Crippen LogP contribution is -2.47. The van der Waals surface area contributed by atoms with Crippen molar-refractivity contribution < 1.29 is 17.9 Å². The molecule has 0 aliphatic heterocycles. The van der Waals surface area contributed by atoms with E-state index >= 15 is 0 Å². The van der Waals surface area contributed by atoms with Gasteiger partial charge in [0.2, 0.25) is 10.0 Å². The average molecular weight is 298 g/mol. The van der Waals surface area contributed by atoms with Crippen molar-refractivity contribution in [1.29, 1.82) is 5.26 Å². The Morgan fingerprint density at radius 1 is 1.45 bits per heavy atom. The lowest BCUT2D eigenvalue weighted by Gasteiger charge is -2.36. The van der Waals surface area contributed by atoms with Crippen LogP contribution in [-0.2, 0) is 15.8 Å². The SMILES string of the molecule is N#Cc1ccc(F)c(CS(=O)(=O)NCC2(O)CCC2)c1. The third-order valence-electron chi connectivity index (χ3n) is 3.43. The predicted molar refractivity (Wildman–Crippen MR) is 70.5 cm³/mol. The van der Waals surface area contributed by atoms with Crippen LogP contribution in [0, 0.1) is 17.1 Å². The van der Waals surface area contributed by atoms with E-state index in [2.05, 4.69) is 4.72 Å². The van der Waals surface area contributed by atoms with Crippen LogP contribution in [0.5, 0.6) is 0 Å². The maximum atomic E-state index is 13.5. The van der Waals surface area contributed by atoms with E-state index in [-0.39, 0.29) is 17.7 Å². The van der Waals surface area contributed by atoms with E-state index in [0.717, 1.165) is 12.5 Å². The largest absolute Gasteiger partial charge is 0.389 e. The molecule has 7 heteroatoms. The van der Waals surface area contributed by atoms with Gasteiger partial charge in [-0.15, -0.1) is 0 Å². The first kappa shape index (κ1) is 14.9. The number of hydrogen-bond donors (Lipinski definition) is 2. The molecule has 108 valence electrons. The third kappa shape index (κ3) is 3.54. The van der Waals surface area contributed by atoms with Gasteiger partial charge in [0.25, 0.3) is 0 Å². The van der Waals surface area contributed by atoms with E-state index in [1.807, 2.05) is 6.07 Å². The molecule has 1 aromatic carbocycles. The van der Waals surface area contributed by atoms with Gasteiger partial charge in [-0.1, -0.05) is 0 Å². The number of nitriles is 1. The van der Waals surface area contributed by atoms with E-state index in [0.29, 0.717) is 12.8 Å². The summed E-state index contributed by atoms with van der Waals surface area (Å²) in [6.45, 7) is -0.0606. The summed E-state index contributed by atoms with van der Waals surface area (Å²) in [6.07, 6.45) is 2.00. The maximum absolute atomic E-state index is 13.5. The Balaban J connectivity index is 2.06. The van der Waals surface area contributed by atoms with Gasteiger partial charge in [-0.05, 0) is 37.5 Å². The highest BCUT2D eigenvalue weighted by Gasteiger charge is 2.35. The minimum Gasteiger partial charge on any atom is -0.389 e. The first-order valence-electron chi connectivity index (χ1n) is 6.22. The van der Waals surface area contributed by atoms with E-state index in [4.69, 9.17) is 5.26 Å². The van der Waals surface area contributed by atoms with E-state index in [1.54, 1.807) is 0 Å². The molecule has 1 fully saturated rings. The molecule has 0 unspecified atom stereocenters. The highest BCUT2D eigenvalue weighted by Crippen LogP contribution is 2.30. The summed E-state index contributed by atoms with van der Waals surface area (Å²) < 4.78 is 39.6. The number of aliphatic hydroxyl groups is 1. The van der Waals surface area contributed by atoms with Crippen molar-refractivity contribution in [3.05, 3.63) is 35.1 Å². The second kappa shape index (κ2) is 5.48. The summed E-state index contributed by atoms with van der Waals surface area (Å²) in [7, 11) is -3.75. The van der Waals surface area contributed by atoms with E-state index in [1.165, 1.54) is 12.1 Å². The summed E-state index contributed by atoms with van der Waals surface area (Å²) in [5.41, 5.74) is -0.827. The lowest BCUT2D eigenvalue weighted by atomic mass is 9.81. The van der Waals surface area contributed by atoms with E-state index < -0.39 is 27.2 Å². The molecule has 1 saturated carbocycles. The van der Waals surface area contributed by atoms with Crippen LogP contribution in [0.4, 0.5) is 4.39 Å².